The Bertz CT molecular complexity index is 270. The van der Waals surface area contributed by atoms with Gasteiger partial charge in [-0.1, -0.05) is 26.2 Å². The number of ether oxygens (including phenoxy) is 1. The Labute approximate surface area is 118 Å². The highest BCUT2D eigenvalue weighted by Crippen LogP contribution is 2.24. The van der Waals surface area contributed by atoms with Gasteiger partial charge < -0.3 is 4.74 Å². The molecule has 1 N–H and O–H groups in total. The van der Waals surface area contributed by atoms with Crippen molar-refractivity contribution >= 4 is 0 Å². The van der Waals surface area contributed by atoms with E-state index in [4.69, 9.17) is 4.74 Å². The van der Waals surface area contributed by atoms with Crippen molar-refractivity contribution in [2.45, 2.75) is 83.2 Å². The van der Waals surface area contributed by atoms with Gasteiger partial charge in [0.15, 0.2) is 0 Å². The lowest BCUT2D eigenvalue weighted by atomic mass is 9.96. The van der Waals surface area contributed by atoms with E-state index >= 15 is 0 Å². The van der Waals surface area contributed by atoms with E-state index in [1.807, 2.05) is 6.92 Å². The van der Waals surface area contributed by atoms with Crippen LogP contribution in [0.3, 0.4) is 0 Å². The summed E-state index contributed by atoms with van der Waals surface area (Å²) in [5, 5.41) is 12.7. The third-order valence-corrected chi connectivity index (χ3v) is 3.70. The second-order valence-corrected chi connectivity index (χ2v) is 5.99. The molecule has 0 heterocycles. The molecule has 1 unspecified atom stereocenters. The Morgan fingerprint density at radius 3 is 2.42 bits per heavy atom. The Morgan fingerprint density at radius 2 is 1.84 bits per heavy atom. The van der Waals surface area contributed by atoms with Crippen LogP contribution in [0.5, 0.6) is 0 Å². The van der Waals surface area contributed by atoms with E-state index in [0.717, 1.165) is 32.5 Å². The smallest absolute Gasteiger partial charge is 0.104 e. The van der Waals surface area contributed by atoms with Gasteiger partial charge >= 0.3 is 0 Å². The van der Waals surface area contributed by atoms with Gasteiger partial charge in [0.2, 0.25) is 0 Å². The van der Waals surface area contributed by atoms with Gasteiger partial charge in [-0.15, -0.1) is 0 Å². The SMILES string of the molecule is CCCCCCOCCCCC(C)(C#N)NC1CC1. The second kappa shape index (κ2) is 9.34. The minimum atomic E-state index is -0.331. The van der Waals surface area contributed by atoms with Crippen molar-refractivity contribution in [3.05, 3.63) is 0 Å². The van der Waals surface area contributed by atoms with Crippen LogP contribution < -0.4 is 5.32 Å². The fourth-order valence-corrected chi connectivity index (χ4v) is 2.25. The number of hydrogen-bond donors (Lipinski definition) is 1. The van der Waals surface area contributed by atoms with Crippen LogP contribution in [0, 0.1) is 11.3 Å². The van der Waals surface area contributed by atoms with Gasteiger partial charge in [-0.3, -0.25) is 5.32 Å². The van der Waals surface area contributed by atoms with Crippen molar-refractivity contribution in [3.63, 3.8) is 0 Å². The van der Waals surface area contributed by atoms with Crippen LogP contribution in [-0.2, 0) is 4.74 Å². The fourth-order valence-electron chi connectivity index (χ4n) is 2.25. The fraction of sp³-hybridized carbons (Fsp3) is 0.938. The summed E-state index contributed by atoms with van der Waals surface area (Å²) in [7, 11) is 0. The quantitative estimate of drug-likeness (QED) is 0.547. The predicted molar refractivity (Wildman–Crippen MR) is 79.0 cm³/mol. The van der Waals surface area contributed by atoms with E-state index in [0.29, 0.717) is 6.04 Å². The Kier molecular flexibility index (Phi) is 8.09. The van der Waals surface area contributed by atoms with Gasteiger partial charge in [0.1, 0.15) is 5.54 Å². The zero-order chi connectivity index (χ0) is 14.0. The number of nitrogens with zero attached hydrogens (tertiary/aromatic N) is 1. The van der Waals surface area contributed by atoms with Crippen molar-refractivity contribution in [1.29, 1.82) is 5.26 Å². The van der Waals surface area contributed by atoms with Crippen LogP contribution in [0.2, 0.25) is 0 Å². The van der Waals surface area contributed by atoms with E-state index in [2.05, 4.69) is 18.3 Å². The molecule has 1 aliphatic rings. The van der Waals surface area contributed by atoms with Crippen LogP contribution in [0.1, 0.15) is 71.6 Å². The Morgan fingerprint density at radius 1 is 1.16 bits per heavy atom. The summed E-state index contributed by atoms with van der Waals surface area (Å²) in [6.45, 7) is 5.99. The monoisotopic (exact) mass is 266 g/mol. The summed E-state index contributed by atoms with van der Waals surface area (Å²) in [6.07, 6.45) is 10.6. The molecule has 110 valence electrons. The first-order valence-corrected chi connectivity index (χ1v) is 7.97. The van der Waals surface area contributed by atoms with Crippen LogP contribution in [0.15, 0.2) is 0 Å². The van der Waals surface area contributed by atoms with Crippen molar-refractivity contribution in [1.82, 2.24) is 5.32 Å². The van der Waals surface area contributed by atoms with Crippen LogP contribution in [0.4, 0.5) is 0 Å². The molecule has 0 bridgehead atoms. The maximum absolute atomic E-state index is 9.24. The normalized spacial score (nSPS) is 17.9. The molecular weight excluding hydrogens is 236 g/mol. The summed E-state index contributed by atoms with van der Waals surface area (Å²) >= 11 is 0. The molecule has 3 nitrogen and oxygen atoms in total. The summed E-state index contributed by atoms with van der Waals surface area (Å²) in [5.41, 5.74) is -0.331. The molecule has 1 saturated carbocycles. The van der Waals surface area contributed by atoms with E-state index in [1.54, 1.807) is 0 Å². The molecular formula is C16H30N2O. The van der Waals surface area contributed by atoms with Crippen molar-refractivity contribution < 1.29 is 4.74 Å². The topological polar surface area (TPSA) is 45.0 Å². The van der Waals surface area contributed by atoms with Crippen LogP contribution >= 0.6 is 0 Å². The third-order valence-electron chi connectivity index (χ3n) is 3.70. The number of rotatable bonds is 12. The molecule has 1 fully saturated rings. The van der Waals surface area contributed by atoms with Crippen LogP contribution in [-0.4, -0.2) is 24.8 Å². The first kappa shape index (κ1) is 16.5. The first-order valence-electron chi connectivity index (χ1n) is 7.97. The summed E-state index contributed by atoms with van der Waals surface area (Å²) in [5.74, 6) is 0. The molecule has 1 atom stereocenters. The molecule has 1 rings (SSSR count). The molecule has 0 aliphatic heterocycles. The van der Waals surface area contributed by atoms with E-state index in [-0.39, 0.29) is 5.54 Å². The molecule has 3 heteroatoms. The standard InChI is InChI=1S/C16H30N2O/c1-3-4-5-7-12-19-13-8-6-11-16(2,14-17)18-15-9-10-15/h15,18H,3-13H2,1-2H3. The maximum atomic E-state index is 9.24. The lowest BCUT2D eigenvalue weighted by Crippen LogP contribution is -2.42. The van der Waals surface area contributed by atoms with E-state index in [1.165, 1.54) is 38.5 Å². The van der Waals surface area contributed by atoms with E-state index < -0.39 is 0 Å². The van der Waals surface area contributed by atoms with Gasteiger partial charge in [-0.25, -0.2) is 0 Å². The van der Waals surface area contributed by atoms with Gasteiger partial charge in [0, 0.05) is 19.3 Å². The molecule has 0 aromatic carbocycles. The Hall–Kier alpha value is -0.590. The van der Waals surface area contributed by atoms with Gasteiger partial charge in [-0.05, 0) is 45.4 Å². The number of nitrogens with one attached hydrogen (secondary N) is 1. The molecule has 0 saturated heterocycles. The molecule has 0 aromatic rings. The van der Waals surface area contributed by atoms with Gasteiger partial charge in [0.25, 0.3) is 0 Å². The Balaban J connectivity index is 1.92. The minimum Gasteiger partial charge on any atom is -0.381 e. The highest BCUT2D eigenvalue weighted by atomic mass is 16.5. The predicted octanol–water partition coefficient (Wildman–Crippen LogP) is 3.79. The van der Waals surface area contributed by atoms with Gasteiger partial charge in [-0.2, -0.15) is 5.26 Å². The minimum absolute atomic E-state index is 0.331. The summed E-state index contributed by atoms with van der Waals surface area (Å²) in [4.78, 5) is 0. The zero-order valence-electron chi connectivity index (χ0n) is 12.7. The molecule has 1 aliphatic carbocycles. The summed E-state index contributed by atoms with van der Waals surface area (Å²) < 4.78 is 5.62. The lowest BCUT2D eigenvalue weighted by molar-refractivity contribution is 0.124. The molecule has 19 heavy (non-hydrogen) atoms. The molecule has 0 amide bonds. The average molecular weight is 266 g/mol. The van der Waals surface area contributed by atoms with Gasteiger partial charge in [0.05, 0.1) is 6.07 Å². The van der Waals surface area contributed by atoms with Crippen molar-refractivity contribution in [2.75, 3.05) is 13.2 Å². The number of hydrogen-bond acceptors (Lipinski definition) is 3. The van der Waals surface area contributed by atoms with Crippen molar-refractivity contribution in [3.8, 4) is 6.07 Å². The summed E-state index contributed by atoms with van der Waals surface area (Å²) in [6, 6.07) is 3.02. The molecule has 0 spiro atoms. The first-order chi connectivity index (χ1) is 9.20. The number of nitriles is 1. The van der Waals surface area contributed by atoms with Crippen LogP contribution in [0.25, 0.3) is 0 Å². The zero-order valence-corrected chi connectivity index (χ0v) is 12.7. The average Bonchev–Trinajstić information content (AvgIpc) is 3.20. The van der Waals surface area contributed by atoms with E-state index in [9.17, 15) is 5.26 Å². The van der Waals surface area contributed by atoms with Crippen molar-refractivity contribution in [2.24, 2.45) is 0 Å². The number of unbranched alkanes of at least 4 members (excludes halogenated alkanes) is 4. The maximum Gasteiger partial charge on any atom is 0.104 e. The highest BCUT2D eigenvalue weighted by molar-refractivity contribution is 5.06. The molecule has 0 aromatic heterocycles. The molecule has 0 radical (unpaired) electrons. The lowest BCUT2D eigenvalue weighted by Gasteiger charge is -2.23. The largest absolute Gasteiger partial charge is 0.381 e. The second-order valence-electron chi connectivity index (χ2n) is 5.99. The third kappa shape index (κ3) is 8.23. The highest BCUT2D eigenvalue weighted by Gasteiger charge is 2.31.